The maximum absolute atomic E-state index is 4.30. The average molecular weight is 284 g/mol. The molecule has 0 aliphatic heterocycles. The van der Waals surface area contributed by atoms with E-state index < -0.39 is 0 Å². The van der Waals surface area contributed by atoms with Crippen LogP contribution in [0.4, 0.5) is 5.82 Å². The Morgan fingerprint density at radius 2 is 2.33 bits per heavy atom. The Bertz CT molecular complexity index is 442. The molecule has 0 unspecified atom stereocenters. The van der Waals surface area contributed by atoms with Gasteiger partial charge in [-0.05, 0) is 34.5 Å². The molecule has 0 aliphatic carbocycles. The van der Waals surface area contributed by atoms with Gasteiger partial charge in [0.2, 0.25) is 0 Å². The van der Waals surface area contributed by atoms with Crippen molar-refractivity contribution in [1.29, 1.82) is 0 Å². The standard InChI is InChI=1S/C10H10BrN3S/c1-7-4-8(11)5-13-10(7)14-6-9-12-2-3-15-9/h2-5H,6H2,1H3,(H,13,14). The van der Waals surface area contributed by atoms with Crippen molar-refractivity contribution < 1.29 is 0 Å². The number of aromatic nitrogens is 2. The van der Waals surface area contributed by atoms with Gasteiger partial charge in [-0.25, -0.2) is 9.97 Å². The molecular formula is C10H10BrN3S. The normalized spacial score (nSPS) is 10.3. The van der Waals surface area contributed by atoms with E-state index >= 15 is 0 Å². The van der Waals surface area contributed by atoms with Crippen LogP contribution in [-0.2, 0) is 6.54 Å². The second-order valence-electron chi connectivity index (χ2n) is 3.10. The average Bonchev–Trinajstić information content (AvgIpc) is 2.69. The van der Waals surface area contributed by atoms with Crippen molar-refractivity contribution in [3.05, 3.63) is 38.9 Å². The molecule has 0 aromatic carbocycles. The summed E-state index contributed by atoms with van der Waals surface area (Å²) >= 11 is 5.03. The zero-order chi connectivity index (χ0) is 10.7. The topological polar surface area (TPSA) is 37.8 Å². The van der Waals surface area contributed by atoms with Crippen molar-refractivity contribution in [3.63, 3.8) is 0 Å². The van der Waals surface area contributed by atoms with Gasteiger partial charge in [-0.1, -0.05) is 0 Å². The predicted molar refractivity (Wildman–Crippen MR) is 66.1 cm³/mol. The molecule has 0 radical (unpaired) electrons. The van der Waals surface area contributed by atoms with Gasteiger partial charge < -0.3 is 5.32 Å². The zero-order valence-corrected chi connectivity index (χ0v) is 10.6. The first-order valence-corrected chi connectivity index (χ1v) is 6.17. The molecule has 0 aliphatic rings. The van der Waals surface area contributed by atoms with Crippen LogP contribution in [-0.4, -0.2) is 9.97 Å². The lowest BCUT2D eigenvalue weighted by molar-refractivity contribution is 1.07. The van der Waals surface area contributed by atoms with E-state index in [1.165, 1.54) is 0 Å². The Morgan fingerprint density at radius 1 is 1.47 bits per heavy atom. The minimum Gasteiger partial charge on any atom is -0.363 e. The van der Waals surface area contributed by atoms with Crippen LogP contribution in [0.25, 0.3) is 0 Å². The van der Waals surface area contributed by atoms with Crippen LogP contribution in [0, 0.1) is 6.92 Å². The van der Waals surface area contributed by atoms with Gasteiger partial charge in [-0.15, -0.1) is 11.3 Å². The molecule has 2 aromatic rings. The van der Waals surface area contributed by atoms with Crippen molar-refractivity contribution in [2.75, 3.05) is 5.32 Å². The number of aryl methyl sites for hydroxylation is 1. The lowest BCUT2D eigenvalue weighted by Crippen LogP contribution is -2.02. The fourth-order valence-electron chi connectivity index (χ4n) is 1.23. The van der Waals surface area contributed by atoms with Crippen LogP contribution in [0.3, 0.4) is 0 Å². The number of hydrogen-bond donors (Lipinski definition) is 1. The molecule has 2 heterocycles. The van der Waals surface area contributed by atoms with Gasteiger partial charge in [0.1, 0.15) is 10.8 Å². The Morgan fingerprint density at radius 3 is 3.00 bits per heavy atom. The van der Waals surface area contributed by atoms with E-state index in [-0.39, 0.29) is 0 Å². The Balaban J connectivity index is 2.05. The fraction of sp³-hybridized carbons (Fsp3) is 0.200. The maximum Gasteiger partial charge on any atom is 0.129 e. The molecule has 3 nitrogen and oxygen atoms in total. The highest BCUT2D eigenvalue weighted by molar-refractivity contribution is 9.10. The van der Waals surface area contributed by atoms with Gasteiger partial charge >= 0.3 is 0 Å². The molecule has 0 fully saturated rings. The lowest BCUT2D eigenvalue weighted by Gasteiger charge is -2.06. The zero-order valence-electron chi connectivity index (χ0n) is 8.20. The first-order valence-electron chi connectivity index (χ1n) is 4.50. The van der Waals surface area contributed by atoms with Gasteiger partial charge in [-0.3, -0.25) is 0 Å². The second kappa shape index (κ2) is 4.72. The molecule has 0 atom stereocenters. The number of rotatable bonds is 3. The highest BCUT2D eigenvalue weighted by Crippen LogP contribution is 2.17. The molecule has 0 bridgehead atoms. The fourth-order valence-corrected chi connectivity index (χ4v) is 2.23. The summed E-state index contributed by atoms with van der Waals surface area (Å²) in [6.45, 7) is 2.76. The van der Waals surface area contributed by atoms with E-state index in [1.54, 1.807) is 17.5 Å². The lowest BCUT2D eigenvalue weighted by atomic mass is 10.3. The van der Waals surface area contributed by atoms with Crippen LogP contribution in [0.15, 0.2) is 28.3 Å². The summed E-state index contributed by atoms with van der Waals surface area (Å²) in [6.07, 6.45) is 3.60. The summed E-state index contributed by atoms with van der Waals surface area (Å²) in [4.78, 5) is 8.49. The van der Waals surface area contributed by atoms with E-state index in [2.05, 4.69) is 31.2 Å². The largest absolute Gasteiger partial charge is 0.363 e. The first-order chi connectivity index (χ1) is 7.25. The van der Waals surface area contributed by atoms with Gasteiger partial charge in [0.15, 0.2) is 0 Å². The summed E-state index contributed by atoms with van der Waals surface area (Å²) in [6, 6.07) is 2.04. The third-order valence-electron chi connectivity index (χ3n) is 1.94. The van der Waals surface area contributed by atoms with Crippen LogP contribution < -0.4 is 5.32 Å². The highest BCUT2D eigenvalue weighted by atomic mass is 79.9. The minimum absolute atomic E-state index is 0.729. The summed E-state index contributed by atoms with van der Waals surface area (Å²) in [5.41, 5.74) is 1.13. The molecule has 2 rings (SSSR count). The molecule has 0 spiro atoms. The predicted octanol–water partition coefficient (Wildman–Crippen LogP) is 3.22. The first kappa shape index (κ1) is 10.6. The van der Waals surface area contributed by atoms with Gasteiger partial charge in [-0.2, -0.15) is 0 Å². The van der Waals surface area contributed by atoms with E-state index in [0.29, 0.717) is 0 Å². The number of nitrogens with one attached hydrogen (secondary N) is 1. The van der Waals surface area contributed by atoms with Crippen molar-refractivity contribution in [2.24, 2.45) is 0 Å². The van der Waals surface area contributed by atoms with Crippen molar-refractivity contribution in [2.45, 2.75) is 13.5 Å². The SMILES string of the molecule is Cc1cc(Br)cnc1NCc1nccs1. The monoisotopic (exact) mass is 283 g/mol. The number of thiazole rings is 1. The van der Waals surface area contributed by atoms with E-state index in [0.717, 1.165) is 27.4 Å². The number of hydrogen-bond acceptors (Lipinski definition) is 4. The van der Waals surface area contributed by atoms with Crippen LogP contribution >= 0.6 is 27.3 Å². The van der Waals surface area contributed by atoms with Gasteiger partial charge in [0.05, 0.1) is 6.54 Å². The number of anilines is 1. The highest BCUT2D eigenvalue weighted by Gasteiger charge is 2.01. The van der Waals surface area contributed by atoms with Crippen molar-refractivity contribution >= 4 is 33.1 Å². The van der Waals surface area contributed by atoms with Crippen molar-refractivity contribution in [1.82, 2.24) is 9.97 Å². The molecular weight excluding hydrogens is 274 g/mol. The number of pyridine rings is 1. The smallest absolute Gasteiger partial charge is 0.129 e. The molecule has 0 amide bonds. The molecule has 15 heavy (non-hydrogen) atoms. The van der Waals surface area contributed by atoms with Crippen molar-refractivity contribution in [3.8, 4) is 0 Å². The van der Waals surface area contributed by atoms with Crippen LogP contribution in [0.2, 0.25) is 0 Å². The van der Waals surface area contributed by atoms with Crippen LogP contribution in [0.1, 0.15) is 10.6 Å². The molecule has 0 saturated carbocycles. The Hall–Kier alpha value is -0.940. The summed E-state index contributed by atoms with van der Waals surface area (Å²) in [5, 5.41) is 6.30. The molecule has 2 aromatic heterocycles. The van der Waals surface area contributed by atoms with Crippen LogP contribution in [0.5, 0.6) is 0 Å². The quantitative estimate of drug-likeness (QED) is 0.940. The number of nitrogens with zero attached hydrogens (tertiary/aromatic N) is 2. The third kappa shape index (κ3) is 2.76. The maximum atomic E-state index is 4.30. The van der Waals surface area contributed by atoms with E-state index in [1.807, 2.05) is 24.6 Å². The Labute approximate surface area is 101 Å². The molecule has 78 valence electrons. The molecule has 5 heteroatoms. The molecule has 1 N–H and O–H groups in total. The van der Waals surface area contributed by atoms with Gasteiger partial charge in [0.25, 0.3) is 0 Å². The Kier molecular flexibility index (Phi) is 3.33. The third-order valence-corrected chi connectivity index (χ3v) is 3.15. The van der Waals surface area contributed by atoms with E-state index in [4.69, 9.17) is 0 Å². The van der Waals surface area contributed by atoms with E-state index in [9.17, 15) is 0 Å². The number of halogens is 1. The van der Waals surface area contributed by atoms with Gasteiger partial charge in [0, 0.05) is 22.2 Å². The summed E-state index contributed by atoms with van der Waals surface area (Å²) in [7, 11) is 0. The summed E-state index contributed by atoms with van der Waals surface area (Å²) < 4.78 is 1.000. The second-order valence-corrected chi connectivity index (χ2v) is 4.99. The molecule has 0 saturated heterocycles. The summed E-state index contributed by atoms with van der Waals surface area (Å²) in [5.74, 6) is 0.911. The minimum atomic E-state index is 0.729.